The lowest BCUT2D eigenvalue weighted by Crippen LogP contribution is -2.13. The lowest BCUT2D eigenvalue weighted by Gasteiger charge is -2.17. The number of halogens is 1. The van der Waals surface area contributed by atoms with Crippen LogP contribution in [0.25, 0.3) is 16.8 Å². The predicted octanol–water partition coefficient (Wildman–Crippen LogP) is 3.41. The topological polar surface area (TPSA) is 71.7 Å². The van der Waals surface area contributed by atoms with Crippen LogP contribution in [0.15, 0.2) is 59.5 Å². The Hall–Kier alpha value is -3.12. The van der Waals surface area contributed by atoms with E-state index in [-0.39, 0.29) is 0 Å². The minimum Gasteiger partial charge on any atom is -0.503 e. The molecule has 1 unspecified atom stereocenters. The second kappa shape index (κ2) is 7.01. The standard InChI is InChI=1S/C20H18FNO4/c1-12(23)17-10-18(24)19(25)11-22(17)15-5-3-4-13(8-15)16-9-14(21)6-7-20(16)26-2/h3-12,23,25H,1-2H3. The molecule has 1 atom stereocenters. The van der Waals surface area contributed by atoms with Crippen molar-refractivity contribution in [3.63, 3.8) is 0 Å². The van der Waals surface area contributed by atoms with Gasteiger partial charge in [0.05, 0.1) is 25.1 Å². The van der Waals surface area contributed by atoms with Gasteiger partial charge in [-0.2, -0.15) is 0 Å². The average Bonchev–Trinajstić information content (AvgIpc) is 2.63. The molecule has 0 aliphatic heterocycles. The van der Waals surface area contributed by atoms with Gasteiger partial charge < -0.3 is 19.5 Å². The van der Waals surface area contributed by atoms with Crippen molar-refractivity contribution in [2.24, 2.45) is 0 Å². The third-order valence-electron chi connectivity index (χ3n) is 4.09. The molecular weight excluding hydrogens is 337 g/mol. The van der Waals surface area contributed by atoms with Crippen molar-refractivity contribution in [3.8, 4) is 28.3 Å². The number of pyridine rings is 1. The molecule has 1 heterocycles. The van der Waals surface area contributed by atoms with Gasteiger partial charge in [0.2, 0.25) is 5.43 Å². The summed E-state index contributed by atoms with van der Waals surface area (Å²) in [6.45, 7) is 1.53. The third kappa shape index (κ3) is 3.32. The van der Waals surface area contributed by atoms with Crippen molar-refractivity contribution in [3.05, 3.63) is 76.5 Å². The fourth-order valence-corrected chi connectivity index (χ4v) is 2.81. The predicted molar refractivity (Wildman–Crippen MR) is 96.3 cm³/mol. The Labute approximate surface area is 149 Å². The number of aliphatic hydroxyl groups excluding tert-OH is 1. The molecule has 0 spiro atoms. The fourth-order valence-electron chi connectivity index (χ4n) is 2.81. The molecule has 0 fully saturated rings. The number of nitrogens with zero attached hydrogens (tertiary/aromatic N) is 1. The smallest absolute Gasteiger partial charge is 0.223 e. The molecule has 0 bridgehead atoms. The van der Waals surface area contributed by atoms with Gasteiger partial charge in [-0.15, -0.1) is 0 Å². The molecule has 0 radical (unpaired) electrons. The molecular formula is C20H18FNO4. The Balaban J connectivity index is 2.19. The van der Waals surface area contributed by atoms with Gasteiger partial charge in [0.25, 0.3) is 0 Å². The third-order valence-corrected chi connectivity index (χ3v) is 4.09. The molecule has 0 aliphatic rings. The largest absolute Gasteiger partial charge is 0.503 e. The number of rotatable bonds is 4. The number of methoxy groups -OCH3 is 1. The highest BCUT2D eigenvalue weighted by Crippen LogP contribution is 2.32. The molecule has 1 aromatic heterocycles. The van der Waals surface area contributed by atoms with Crippen LogP contribution >= 0.6 is 0 Å². The number of hydrogen-bond donors (Lipinski definition) is 2. The molecule has 0 saturated heterocycles. The number of aromatic hydroxyl groups is 1. The van der Waals surface area contributed by atoms with Crippen LogP contribution in [0.5, 0.6) is 11.5 Å². The minimum absolute atomic E-state index is 0.330. The van der Waals surface area contributed by atoms with Gasteiger partial charge in [0.15, 0.2) is 5.75 Å². The highest BCUT2D eigenvalue weighted by Gasteiger charge is 2.14. The van der Waals surface area contributed by atoms with Crippen LogP contribution in [0.3, 0.4) is 0 Å². The Morgan fingerprint density at radius 2 is 1.92 bits per heavy atom. The van der Waals surface area contributed by atoms with E-state index in [4.69, 9.17) is 4.74 Å². The summed E-state index contributed by atoms with van der Waals surface area (Å²) in [5.41, 5.74) is 1.61. The normalized spacial score (nSPS) is 12.0. The van der Waals surface area contributed by atoms with Crippen LogP contribution < -0.4 is 10.2 Å². The minimum atomic E-state index is -0.921. The number of ether oxygens (including phenoxy) is 1. The second-order valence-corrected chi connectivity index (χ2v) is 5.89. The number of aliphatic hydroxyl groups is 1. The van der Waals surface area contributed by atoms with E-state index < -0.39 is 23.1 Å². The Bertz CT molecular complexity index is 1010. The van der Waals surface area contributed by atoms with Crippen LogP contribution in [-0.4, -0.2) is 21.9 Å². The summed E-state index contributed by atoms with van der Waals surface area (Å²) in [4.78, 5) is 11.7. The van der Waals surface area contributed by atoms with Crippen LogP contribution in [0.2, 0.25) is 0 Å². The van der Waals surface area contributed by atoms with E-state index in [9.17, 15) is 19.4 Å². The zero-order valence-electron chi connectivity index (χ0n) is 14.3. The molecule has 0 saturated carbocycles. The summed E-state index contributed by atoms with van der Waals surface area (Å²) < 4.78 is 20.5. The van der Waals surface area contributed by atoms with E-state index in [1.807, 2.05) is 0 Å². The highest BCUT2D eigenvalue weighted by molar-refractivity contribution is 5.72. The first-order valence-corrected chi connectivity index (χ1v) is 7.98. The van der Waals surface area contributed by atoms with Gasteiger partial charge >= 0.3 is 0 Å². The molecule has 2 N–H and O–H groups in total. The fraction of sp³-hybridized carbons (Fsp3) is 0.150. The maximum atomic E-state index is 13.7. The Kier molecular flexibility index (Phi) is 4.77. The van der Waals surface area contributed by atoms with Crippen molar-refractivity contribution in [2.45, 2.75) is 13.0 Å². The van der Waals surface area contributed by atoms with Crippen LogP contribution in [0, 0.1) is 5.82 Å². The van der Waals surface area contributed by atoms with Gasteiger partial charge in [-0.1, -0.05) is 12.1 Å². The quantitative estimate of drug-likeness (QED) is 0.752. The first kappa shape index (κ1) is 17.7. The Morgan fingerprint density at radius 1 is 1.15 bits per heavy atom. The van der Waals surface area contributed by atoms with E-state index in [2.05, 4.69) is 0 Å². The van der Waals surface area contributed by atoms with Gasteiger partial charge in [-0.3, -0.25) is 4.79 Å². The van der Waals surface area contributed by atoms with Gasteiger partial charge in [0, 0.05) is 17.3 Å². The number of aromatic nitrogens is 1. The molecule has 3 aromatic rings. The van der Waals surface area contributed by atoms with E-state index in [1.165, 1.54) is 43.0 Å². The zero-order chi connectivity index (χ0) is 18.8. The Morgan fingerprint density at radius 3 is 2.62 bits per heavy atom. The second-order valence-electron chi connectivity index (χ2n) is 5.89. The first-order chi connectivity index (χ1) is 12.4. The van der Waals surface area contributed by atoms with E-state index in [0.717, 1.165) is 0 Å². The van der Waals surface area contributed by atoms with Crippen LogP contribution in [-0.2, 0) is 0 Å². The van der Waals surface area contributed by atoms with Gasteiger partial charge in [-0.05, 0) is 42.8 Å². The van der Waals surface area contributed by atoms with E-state index in [1.54, 1.807) is 30.3 Å². The molecule has 0 aliphatic carbocycles. The molecule has 6 heteroatoms. The van der Waals surface area contributed by atoms with Crippen molar-refractivity contribution in [2.75, 3.05) is 7.11 Å². The molecule has 26 heavy (non-hydrogen) atoms. The molecule has 2 aromatic carbocycles. The molecule has 0 amide bonds. The monoisotopic (exact) mass is 355 g/mol. The first-order valence-electron chi connectivity index (χ1n) is 7.98. The lowest BCUT2D eigenvalue weighted by molar-refractivity contribution is 0.191. The summed E-state index contributed by atoms with van der Waals surface area (Å²) in [5, 5.41) is 19.8. The molecule has 134 valence electrons. The van der Waals surface area contributed by atoms with E-state index in [0.29, 0.717) is 28.3 Å². The highest BCUT2D eigenvalue weighted by atomic mass is 19.1. The van der Waals surface area contributed by atoms with Crippen molar-refractivity contribution >= 4 is 0 Å². The molecule has 3 rings (SSSR count). The summed E-state index contributed by atoms with van der Waals surface area (Å²) in [6, 6.07) is 12.5. The van der Waals surface area contributed by atoms with Crippen molar-refractivity contribution < 1.29 is 19.3 Å². The van der Waals surface area contributed by atoms with Gasteiger partial charge in [-0.25, -0.2) is 4.39 Å². The summed E-state index contributed by atoms with van der Waals surface area (Å²) >= 11 is 0. The van der Waals surface area contributed by atoms with Crippen LogP contribution in [0.4, 0.5) is 4.39 Å². The van der Waals surface area contributed by atoms with Crippen molar-refractivity contribution in [1.82, 2.24) is 4.57 Å². The summed E-state index contributed by atoms with van der Waals surface area (Å²) in [6.07, 6.45) is 0.336. The number of hydrogen-bond acceptors (Lipinski definition) is 4. The van der Waals surface area contributed by atoms with Crippen molar-refractivity contribution in [1.29, 1.82) is 0 Å². The maximum absolute atomic E-state index is 13.7. The summed E-state index contributed by atoms with van der Waals surface area (Å²) in [5.74, 6) is -0.304. The summed E-state index contributed by atoms with van der Waals surface area (Å²) in [7, 11) is 1.51. The lowest BCUT2D eigenvalue weighted by atomic mass is 10.0. The maximum Gasteiger partial charge on any atom is 0.223 e. The van der Waals surface area contributed by atoms with Crippen LogP contribution in [0.1, 0.15) is 18.7 Å². The SMILES string of the molecule is COc1ccc(F)cc1-c1cccc(-n2cc(O)c(=O)cc2C(C)O)c1. The number of benzene rings is 2. The van der Waals surface area contributed by atoms with E-state index >= 15 is 0 Å². The molecule has 5 nitrogen and oxygen atoms in total. The van der Waals surface area contributed by atoms with Gasteiger partial charge in [0.1, 0.15) is 11.6 Å². The zero-order valence-corrected chi connectivity index (χ0v) is 14.3. The average molecular weight is 355 g/mol.